The summed E-state index contributed by atoms with van der Waals surface area (Å²) in [4.78, 5) is 26.2. The minimum atomic E-state index is -0.111. The fraction of sp³-hybridized carbons (Fsp3) is 0.125. The van der Waals surface area contributed by atoms with Gasteiger partial charge in [0, 0.05) is 18.4 Å². The Morgan fingerprint density at radius 3 is 3.00 bits per heavy atom. The number of pyridine rings is 1. The molecule has 120 valence electrons. The number of benzene rings is 1. The van der Waals surface area contributed by atoms with E-state index in [0.717, 1.165) is 22.1 Å². The third kappa shape index (κ3) is 2.34. The monoisotopic (exact) mass is 322 g/mol. The van der Waals surface area contributed by atoms with Gasteiger partial charge in [-0.25, -0.2) is 19.5 Å². The minimum Gasteiger partial charge on any atom is -0.382 e. The van der Waals surface area contributed by atoms with E-state index in [1.165, 1.54) is 6.92 Å². The van der Waals surface area contributed by atoms with Crippen LogP contribution < -0.4 is 15.6 Å². The van der Waals surface area contributed by atoms with Gasteiger partial charge in [0.2, 0.25) is 12.2 Å². The Morgan fingerprint density at radius 1 is 1.38 bits per heavy atom. The zero-order valence-electron chi connectivity index (χ0n) is 13.0. The van der Waals surface area contributed by atoms with Gasteiger partial charge in [-0.05, 0) is 12.1 Å². The highest BCUT2D eigenvalue weighted by atomic mass is 16.1. The Bertz CT molecular complexity index is 1050. The molecule has 0 saturated carbocycles. The van der Waals surface area contributed by atoms with Gasteiger partial charge < -0.3 is 16.0 Å². The topological polar surface area (TPSA) is 116 Å². The van der Waals surface area contributed by atoms with Crippen molar-refractivity contribution in [2.24, 2.45) is 0 Å². The molecule has 0 spiro atoms. The van der Waals surface area contributed by atoms with Crippen LogP contribution in [-0.2, 0) is 11.3 Å². The summed E-state index contributed by atoms with van der Waals surface area (Å²) in [6.45, 7) is 1.79. The Labute approximate surface area is 136 Å². The van der Waals surface area contributed by atoms with Gasteiger partial charge >= 0.3 is 0 Å². The van der Waals surface area contributed by atoms with Gasteiger partial charge in [0.05, 0.1) is 12.1 Å². The van der Waals surface area contributed by atoms with E-state index in [2.05, 4.69) is 25.3 Å². The van der Waals surface area contributed by atoms with Gasteiger partial charge in [0.15, 0.2) is 0 Å². The number of imidazole rings is 2. The number of fused-ring (bicyclic) bond motifs is 3. The number of aromatic amines is 2. The van der Waals surface area contributed by atoms with Crippen molar-refractivity contribution in [3.8, 4) is 5.69 Å². The number of nitrogens with one attached hydrogen (secondary N) is 3. The highest BCUT2D eigenvalue weighted by Crippen LogP contribution is 2.26. The summed E-state index contributed by atoms with van der Waals surface area (Å²) in [5, 5.41) is 3.62. The second-order valence-electron chi connectivity index (χ2n) is 5.53. The molecule has 0 fully saturated rings. The largest absolute Gasteiger partial charge is 0.382 e. The van der Waals surface area contributed by atoms with Gasteiger partial charge in [-0.15, -0.1) is 0 Å². The first kappa shape index (κ1) is 14.2. The molecule has 4 rings (SSSR count). The molecule has 1 aromatic carbocycles. The summed E-state index contributed by atoms with van der Waals surface area (Å²) in [7, 11) is 0. The molecule has 4 aromatic rings. The smallest absolute Gasteiger partial charge is 0.246 e. The summed E-state index contributed by atoms with van der Waals surface area (Å²) in [6.07, 6.45) is 5.61. The van der Waals surface area contributed by atoms with Crippen molar-refractivity contribution in [2.75, 3.05) is 5.73 Å². The first-order valence-electron chi connectivity index (χ1n) is 7.48. The van der Waals surface area contributed by atoms with E-state index in [0.29, 0.717) is 23.7 Å². The number of nitrogens with zero attached hydrogens (tertiary/aromatic N) is 3. The molecule has 0 atom stereocenters. The molecule has 3 heterocycles. The van der Waals surface area contributed by atoms with Crippen molar-refractivity contribution in [1.82, 2.24) is 25.3 Å². The van der Waals surface area contributed by atoms with Crippen molar-refractivity contribution in [2.45, 2.75) is 13.5 Å². The van der Waals surface area contributed by atoms with Crippen LogP contribution in [0.1, 0.15) is 12.7 Å². The Morgan fingerprint density at radius 2 is 2.25 bits per heavy atom. The van der Waals surface area contributed by atoms with Gasteiger partial charge in [-0.2, -0.15) is 0 Å². The first-order valence-corrected chi connectivity index (χ1v) is 7.48. The van der Waals surface area contributed by atoms with Crippen LogP contribution >= 0.6 is 0 Å². The fourth-order valence-corrected chi connectivity index (χ4v) is 2.70. The summed E-state index contributed by atoms with van der Waals surface area (Å²) < 4.78 is 1.95. The summed E-state index contributed by atoms with van der Waals surface area (Å²) in [5.41, 5.74) is 9.26. The van der Waals surface area contributed by atoms with E-state index in [9.17, 15) is 4.79 Å². The number of amides is 1. The molecular weight excluding hydrogens is 306 g/mol. The molecule has 0 saturated heterocycles. The lowest BCUT2D eigenvalue weighted by Crippen LogP contribution is -2.26. The van der Waals surface area contributed by atoms with E-state index >= 15 is 0 Å². The lowest BCUT2D eigenvalue weighted by Gasteiger charge is -2.02. The molecule has 1 amide bonds. The Kier molecular flexibility index (Phi) is 3.16. The van der Waals surface area contributed by atoms with Crippen LogP contribution in [-0.4, -0.2) is 25.8 Å². The van der Waals surface area contributed by atoms with Crippen LogP contribution in [0.5, 0.6) is 0 Å². The lowest BCUT2D eigenvalue weighted by atomic mass is 10.1. The minimum absolute atomic E-state index is 0.111. The number of nitrogen functional groups attached to an aromatic ring is 1. The maximum absolute atomic E-state index is 11.1. The molecule has 0 aliphatic heterocycles. The SMILES string of the molecule is CC(=O)NCc1nc2c([nH]1)c(N)nc1cc(-[n+]3cc[nH]c3)ccc12. The van der Waals surface area contributed by atoms with Gasteiger partial charge in [0.1, 0.15) is 40.8 Å². The highest BCUT2D eigenvalue weighted by molar-refractivity contribution is 6.06. The number of hydrogen-bond donors (Lipinski definition) is 4. The third-order valence-corrected chi connectivity index (χ3v) is 3.83. The van der Waals surface area contributed by atoms with Gasteiger partial charge in [-0.3, -0.25) is 4.79 Å². The van der Waals surface area contributed by atoms with E-state index in [4.69, 9.17) is 5.73 Å². The molecule has 3 aromatic heterocycles. The molecule has 0 unspecified atom stereocenters. The van der Waals surface area contributed by atoms with Gasteiger partial charge in [0.25, 0.3) is 0 Å². The summed E-state index contributed by atoms with van der Waals surface area (Å²) in [5.74, 6) is 0.917. The van der Waals surface area contributed by atoms with Crippen LogP contribution in [0.4, 0.5) is 5.82 Å². The molecule has 8 heteroatoms. The van der Waals surface area contributed by atoms with Crippen molar-refractivity contribution < 1.29 is 9.36 Å². The number of carbonyl (C=O) groups is 1. The number of carbonyl (C=O) groups excluding carboxylic acids is 1. The Balaban J connectivity index is 1.85. The van der Waals surface area contributed by atoms with E-state index in [-0.39, 0.29) is 5.91 Å². The number of aromatic nitrogens is 5. The number of nitrogens with two attached hydrogens (primary N) is 1. The van der Waals surface area contributed by atoms with Gasteiger partial charge in [-0.1, -0.05) is 0 Å². The molecule has 8 nitrogen and oxygen atoms in total. The van der Waals surface area contributed by atoms with E-state index in [1.54, 1.807) is 0 Å². The van der Waals surface area contributed by atoms with Crippen molar-refractivity contribution in [3.05, 3.63) is 42.7 Å². The fourth-order valence-electron chi connectivity index (χ4n) is 2.70. The second kappa shape index (κ2) is 5.34. The quantitative estimate of drug-likeness (QED) is 0.420. The molecule has 0 radical (unpaired) electrons. The molecule has 0 bridgehead atoms. The summed E-state index contributed by atoms with van der Waals surface area (Å²) in [6, 6.07) is 5.93. The second-order valence-corrected chi connectivity index (χ2v) is 5.53. The maximum atomic E-state index is 11.1. The highest BCUT2D eigenvalue weighted by Gasteiger charge is 2.13. The third-order valence-electron chi connectivity index (χ3n) is 3.83. The predicted octanol–water partition coefficient (Wildman–Crippen LogP) is 0.934. The first-order chi connectivity index (χ1) is 11.6. The van der Waals surface area contributed by atoms with Crippen LogP contribution in [0, 0.1) is 0 Å². The molecule has 5 N–H and O–H groups in total. The summed E-state index contributed by atoms with van der Waals surface area (Å²) >= 11 is 0. The molecule has 0 aliphatic carbocycles. The normalized spacial score (nSPS) is 11.2. The lowest BCUT2D eigenvalue weighted by molar-refractivity contribution is -0.594. The average molecular weight is 322 g/mol. The van der Waals surface area contributed by atoms with Crippen LogP contribution in [0.3, 0.4) is 0 Å². The Hall–Kier alpha value is -3.42. The molecule has 24 heavy (non-hydrogen) atoms. The number of anilines is 1. The average Bonchev–Trinajstić information content (AvgIpc) is 3.22. The van der Waals surface area contributed by atoms with Crippen LogP contribution in [0.15, 0.2) is 36.9 Å². The van der Waals surface area contributed by atoms with Crippen molar-refractivity contribution in [1.29, 1.82) is 0 Å². The maximum Gasteiger partial charge on any atom is 0.246 e. The zero-order valence-corrected chi connectivity index (χ0v) is 13.0. The standard InChI is InChI=1S/C16H15N7O/c1-9(24)19-7-13-21-14-11-3-2-10(23-5-4-18-8-23)6-12(11)20-16(17)15(14)22-13/h2-6,8H,7H2,1H3,(H4,17,19,20,21,22,24)/p+1. The van der Waals surface area contributed by atoms with E-state index < -0.39 is 0 Å². The number of hydrogen-bond acceptors (Lipinski definition) is 4. The molecular formula is C16H16N7O+. The number of rotatable bonds is 3. The predicted molar refractivity (Wildman–Crippen MR) is 89.2 cm³/mol. The van der Waals surface area contributed by atoms with Crippen molar-refractivity contribution >= 4 is 33.7 Å². The van der Waals surface area contributed by atoms with E-state index in [1.807, 2.05) is 41.5 Å². The molecule has 0 aliphatic rings. The number of H-pyrrole nitrogens is 2. The zero-order chi connectivity index (χ0) is 16.7. The van der Waals surface area contributed by atoms with Crippen LogP contribution in [0.2, 0.25) is 0 Å². The van der Waals surface area contributed by atoms with Crippen molar-refractivity contribution in [3.63, 3.8) is 0 Å². The van der Waals surface area contributed by atoms with Crippen LogP contribution in [0.25, 0.3) is 27.6 Å².